The molecule has 0 unspecified atom stereocenters. The molecule has 2 N–H and O–H groups in total. The van der Waals surface area contributed by atoms with Gasteiger partial charge in [0.2, 0.25) is 0 Å². The Balaban J connectivity index is 1.90. The molecule has 0 atom stereocenters. The molecule has 2 aromatic heterocycles. The van der Waals surface area contributed by atoms with Gasteiger partial charge in [-0.1, -0.05) is 5.16 Å². The van der Waals surface area contributed by atoms with Crippen molar-refractivity contribution < 1.29 is 17.7 Å². The van der Waals surface area contributed by atoms with Crippen LogP contribution < -0.4 is 5.32 Å². The maximum Gasteiger partial charge on any atom is 0.273 e. The van der Waals surface area contributed by atoms with Crippen molar-refractivity contribution in [2.24, 2.45) is 0 Å². The number of fused-ring (bicyclic) bond motifs is 1. The molecule has 0 bridgehead atoms. The first-order valence-corrected chi connectivity index (χ1v) is 7.30. The number of amides is 1. The Morgan fingerprint density at radius 1 is 1.53 bits per heavy atom. The number of anilines is 1. The topological polar surface area (TPSA) is 105 Å². The van der Waals surface area contributed by atoms with Crippen molar-refractivity contribution in [2.45, 2.75) is 18.2 Å². The summed E-state index contributed by atoms with van der Waals surface area (Å²) >= 11 is 0. The van der Waals surface area contributed by atoms with Gasteiger partial charge in [0.1, 0.15) is 11.5 Å². The third-order valence-electron chi connectivity index (χ3n) is 3.00. The quantitative estimate of drug-likeness (QED) is 0.850. The molecule has 3 rings (SSSR count). The molecule has 8 heteroatoms. The van der Waals surface area contributed by atoms with E-state index in [2.05, 4.69) is 15.5 Å². The smallest absolute Gasteiger partial charge is 0.273 e. The highest BCUT2D eigenvalue weighted by atomic mass is 32.2. The molecule has 0 spiro atoms. The third kappa shape index (κ3) is 1.93. The Labute approximate surface area is 108 Å². The van der Waals surface area contributed by atoms with E-state index >= 15 is 0 Å². The van der Waals surface area contributed by atoms with Crippen molar-refractivity contribution in [2.75, 3.05) is 11.1 Å². The molecule has 1 aliphatic rings. The standard InChI is InChI=1S/C11H11N3O4S/c1-6-4-9(14-18-6)13-11(15)10-7-2-3-19(16,17)8(7)5-12-10/h4-5,12H,2-3H2,1H3,(H,13,14,15). The summed E-state index contributed by atoms with van der Waals surface area (Å²) in [6.45, 7) is 1.71. The van der Waals surface area contributed by atoms with E-state index in [1.807, 2.05) is 0 Å². The molecule has 0 saturated heterocycles. The largest absolute Gasteiger partial charge is 0.360 e. The van der Waals surface area contributed by atoms with Crippen molar-refractivity contribution in [3.63, 3.8) is 0 Å². The van der Waals surface area contributed by atoms with Crippen LogP contribution in [0.3, 0.4) is 0 Å². The van der Waals surface area contributed by atoms with Gasteiger partial charge in [-0.25, -0.2) is 8.42 Å². The van der Waals surface area contributed by atoms with Crippen LogP contribution in [-0.4, -0.2) is 30.2 Å². The van der Waals surface area contributed by atoms with Gasteiger partial charge in [-0.05, 0) is 13.3 Å². The van der Waals surface area contributed by atoms with E-state index in [9.17, 15) is 13.2 Å². The maximum atomic E-state index is 12.0. The Kier molecular flexibility index (Phi) is 2.49. The van der Waals surface area contributed by atoms with Crippen LogP contribution in [0.25, 0.3) is 0 Å². The second-order valence-corrected chi connectivity index (χ2v) is 6.43. The predicted octanol–water partition coefficient (Wildman–Crippen LogP) is 0.893. The summed E-state index contributed by atoms with van der Waals surface area (Å²) in [4.78, 5) is 15.0. The van der Waals surface area contributed by atoms with Gasteiger partial charge in [0.15, 0.2) is 15.7 Å². The lowest BCUT2D eigenvalue weighted by atomic mass is 10.2. The molecule has 0 fully saturated rings. The van der Waals surface area contributed by atoms with Crippen molar-refractivity contribution in [1.29, 1.82) is 0 Å². The molecule has 0 radical (unpaired) electrons. The van der Waals surface area contributed by atoms with E-state index in [1.54, 1.807) is 13.0 Å². The average molecular weight is 281 g/mol. The number of sulfone groups is 1. The molecule has 19 heavy (non-hydrogen) atoms. The molecule has 1 aliphatic heterocycles. The van der Waals surface area contributed by atoms with Crippen LogP contribution in [0.1, 0.15) is 21.8 Å². The SMILES string of the molecule is Cc1cc(NC(=O)c2[nH]cc3c2CCS3(=O)=O)no1. The molecule has 2 aromatic rings. The lowest BCUT2D eigenvalue weighted by Crippen LogP contribution is -2.14. The summed E-state index contributed by atoms with van der Waals surface area (Å²) in [5.41, 5.74) is 0.800. The number of carbonyl (C=O) groups excluding carboxylic acids is 1. The van der Waals surface area contributed by atoms with E-state index < -0.39 is 15.7 Å². The molecular weight excluding hydrogens is 270 g/mol. The van der Waals surface area contributed by atoms with E-state index in [0.29, 0.717) is 23.6 Å². The summed E-state index contributed by atoms with van der Waals surface area (Å²) in [5, 5.41) is 6.20. The number of nitrogens with zero attached hydrogens (tertiary/aromatic N) is 1. The minimum atomic E-state index is -3.23. The second-order valence-electron chi connectivity index (χ2n) is 4.35. The second kappa shape index (κ2) is 3.95. The zero-order chi connectivity index (χ0) is 13.6. The number of hydrogen-bond donors (Lipinski definition) is 2. The van der Waals surface area contributed by atoms with Crippen molar-refractivity contribution >= 4 is 21.6 Å². The fourth-order valence-corrected chi connectivity index (χ4v) is 3.62. The van der Waals surface area contributed by atoms with Crippen LogP contribution in [0.15, 0.2) is 21.7 Å². The first-order chi connectivity index (χ1) is 8.97. The van der Waals surface area contributed by atoms with Gasteiger partial charge in [-0.3, -0.25) is 4.79 Å². The van der Waals surface area contributed by atoms with Crippen LogP contribution in [0.4, 0.5) is 5.82 Å². The number of rotatable bonds is 2. The van der Waals surface area contributed by atoms with Gasteiger partial charge < -0.3 is 14.8 Å². The molecule has 0 aliphatic carbocycles. The lowest BCUT2D eigenvalue weighted by Gasteiger charge is -2.00. The number of H-pyrrole nitrogens is 1. The van der Waals surface area contributed by atoms with Gasteiger partial charge in [-0.2, -0.15) is 0 Å². The first kappa shape index (κ1) is 12.0. The van der Waals surface area contributed by atoms with E-state index in [0.717, 1.165) is 0 Å². The molecule has 7 nitrogen and oxygen atoms in total. The number of hydrogen-bond acceptors (Lipinski definition) is 5. The molecular formula is C11H11N3O4S. The van der Waals surface area contributed by atoms with Gasteiger partial charge in [0, 0.05) is 17.8 Å². The zero-order valence-electron chi connectivity index (χ0n) is 10.1. The summed E-state index contributed by atoms with van der Waals surface area (Å²) in [7, 11) is -3.23. The number of carbonyl (C=O) groups is 1. The molecule has 3 heterocycles. The van der Waals surface area contributed by atoms with Crippen molar-refractivity contribution in [3.05, 3.63) is 29.3 Å². The first-order valence-electron chi connectivity index (χ1n) is 5.65. The Hall–Kier alpha value is -2.09. The Bertz CT molecular complexity index is 757. The van der Waals surface area contributed by atoms with Crippen LogP contribution >= 0.6 is 0 Å². The minimum absolute atomic E-state index is 0.0513. The summed E-state index contributed by atoms with van der Waals surface area (Å²) < 4.78 is 28.2. The van der Waals surface area contributed by atoms with E-state index in [-0.39, 0.29) is 16.3 Å². The van der Waals surface area contributed by atoms with Gasteiger partial charge >= 0.3 is 0 Å². The predicted molar refractivity (Wildman–Crippen MR) is 65.7 cm³/mol. The van der Waals surface area contributed by atoms with Gasteiger partial charge in [0.25, 0.3) is 5.91 Å². The minimum Gasteiger partial charge on any atom is -0.360 e. The number of aromatic amines is 1. The fraction of sp³-hybridized carbons (Fsp3) is 0.273. The zero-order valence-corrected chi connectivity index (χ0v) is 10.9. The fourth-order valence-electron chi connectivity index (χ4n) is 2.11. The Morgan fingerprint density at radius 3 is 3.00 bits per heavy atom. The highest BCUT2D eigenvalue weighted by Crippen LogP contribution is 2.28. The third-order valence-corrected chi connectivity index (χ3v) is 4.78. The van der Waals surface area contributed by atoms with Gasteiger partial charge in [0.05, 0.1) is 10.6 Å². The number of nitrogens with one attached hydrogen (secondary N) is 2. The van der Waals surface area contributed by atoms with Crippen LogP contribution in [-0.2, 0) is 16.3 Å². The van der Waals surface area contributed by atoms with Gasteiger partial charge in [-0.15, -0.1) is 0 Å². The van der Waals surface area contributed by atoms with Crippen molar-refractivity contribution in [3.8, 4) is 0 Å². The van der Waals surface area contributed by atoms with Crippen LogP contribution in [0.5, 0.6) is 0 Å². The lowest BCUT2D eigenvalue weighted by molar-refractivity contribution is 0.102. The van der Waals surface area contributed by atoms with Crippen molar-refractivity contribution in [1.82, 2.24) is 10.1 Å². The molecule has 1 amide bonds. The average Bonchev–Trinajstić information content (AvgIpc) is 2.98. The number of aryl methyl sites for hydroxylation is 1. The summed E-state index contributed by atoms with van der Waals surface area (Å²) in [6, 6.07) is 1.58. The molecule has 100 valence electrons. The monoisotopic (exact) mass is 281 g/mol. The maximum absolute atomic E-state index is 12.0. The Morgan fingerprint density at radius 2 is 2.32 bits per heavy atom. The normalized spacial score (nSPS) is 16.3. The van der Waals surface area contributed by atoms with E-state index in [1.165, 1.54) is 6.20 Å². The molecule has 0 saturated carbocycles. The van der Waals surface area contributed by atoms with Crippen LogP contribution in [0, 0.1) is 6.92 Å². The summed E-state index contributed by atoms with van der Waals surface area (Å²) in [5.74, 6) is 0.503. The highest BCUT2D eigenvalue weighted by molar-refractivity contribution is 7.91. The molecule has 0 aromatic carbocycles. The van der Waals surface area contributed by atoms with Crippen LogP contribution in [0.2, 0.25) is 0 Å². The highest BCUT2D eigenvalue weighted by Gasteiger charge is 2.32. The number of aromatic nitrogens is 2. The summed E-state index contributed by atoms with van der Waals surface area (Å²) in [6.07, 6.45) is 1.71. The van der Waals surface area contributed by atoms with E-state index in [4.69, 9.17) is 4.52 Å².